The molecular formula is C10H20N2O2. The zero-order valence-electron chi connectivity index (χ0n) is 9.39. The maximum absolute atomic E-state index is 11.4. The summed E-state index contributed by atoms with van der Waals surface area (Å²) in [6, 6.07) is -0.292. The monoisotopic (exact) mass is 200 g/mol. The maximum Gasteiger partial charge on any atom is 0.242 e. The molecule has 0 heterocycles. The van der Waals surface area contributed by atoms with Gasteiger partial charge in [-0.3, -0.25) is 9.59 Å². The lowest BCUT2D eigenvalue weighted by molar-refractivity contribution is -0.128. The SMILES string of the molecule is CCC(=O)NC(C)C(=O)NC(C)CC. The largest absolute Gasteiger partial charge is 0.352 e. The highest BCUT2D eigenvalue weighted by Crippen LogP contribution is 1.91. The molecule has 0 aromatic carbocycles. The van der Waals surface area contributed by atoms with Crippen LogP contribution in [0.4, 0.5) is 0 Å². The van der Waals surface area contributed by atoms with E-state index in [4.69, 9.17) is 0 Å². The first-order valence-corrected chi connectivity index (χ1v) is 5.10. The quantitative estimate of drug-likeness (QED) is 0.690. The van der Waals surface area contributed by atoms with Crippen LogP contribution in [0.1, 0.15) is 40.5 Å². The van der Waals surface area contributed by atoms with Crippen molar-refractivity contribution < 1.29 is 9.59 Å². The van der Waals surface area contributed by atoms with Crippen LogP contribution >= 0.6 is 0 Å². The summed E-state index contributed by atoms with van der Waals surface area (Å²) in [4.78, 5) is 22.4. The van der Waals surface area contributed by atoms with Crippen LogP contribution < -0.4 is 10.6 Å². The van der Waals surface area contributed by atoms with Crippen LogP contribution in [0.15, 0.2) is 0 Å². The smallest absolute Gasteiger partial charge is 0.242 e. The van der Waals surface area contributed by atoms with Crippen molar-refractivity contribution in [3.63, 3.8) is 0 Å². The van der Waals surface area contributed by atoms with Crippen LogP contribution in [0.5, 0.6) is 0 Å². The first-order valence-electron chi connectivity index (χ1n) is 5.10. The molecule has 0 aromatic heterocycles. The predicted molar refractivity (Wildman–Crippen MR) is 55.8 cm³/mol. The molecule has 0 bridgehead atoms. The Bertz CT molecular complexity index is 204. The normalized spacial score (nSPS) is 14.3. The number of rotatable bonds is 5. The summed E-state index contributed by atoms with van der Waals surface area (Å²) < 4.78 is 0. The molecule has 0 fully saturated rings. The average Bonchev–Trinajstić information content (AvgIpc) is 2.17. The number of hydrogen-bond acceptors (Lipinski definition) is 2. The number of nitrogens with one attached hydrogen (secondary N) is 2. The van der Waals surface area contributed by atoms with Gasteiger partial charge in [0.2, 0.25) is 11.8 Å². The van der Waals surface area contributed by atoms with E-state index in [2.05, 4.69) is 10.6 Å². The molecule has 0 rings (SSSR count). The molecule has 0 saturated carbocycles. The van der Waals surface area contributed by atoms with Crippen molar-refractivity contribution in [2.45, 2.75) is 52.6 Å². The summed E-state index contributed by atoms with van der Waals surface area (Å²) in [5.41, 5.74) is 0. The molecule has 4 heteroatoms. The lowest BCUT2D eigenvalue weighted by atomic mass is 10.2. The van der Waals surface area contributed by atoms with E-state index in [0.717, 1.165) is 6.42 Å². The van der Waals surface area contributed by atoms with Crippen molar-refractivity contribution in [1.29, 1.82) is 0 Å². The van der Waals surface area contributed by atoms with Crippen LogP contribution in [0.3, 0.4) is 0 Å². The van der Waals surface area contributed by atoms with E-state index < -0.39 is 6.04 Å². The number of carbonyl (C=O) groups excluding carboxylic acids is 2. The van der Waals surface area contributed by atoms with Gasteiger partial charge >= 0.3 is 0 Å². The molecule has 0 saturated heterocycles. The number of carbonyl (C=O) groups is 2. The Balaban J connectivity index is 3.93. The summed E-state index contributed by atoms with van der Waals surface area (Å²) in [5, 5.41) is 5.41. The van der Waals surface area contributed by atoms with Gasteiger partial charge in [0, 0.05) is 12.5 Å². The van der Waals surface area contributed by atoms with Crippen molar-refractivity contribution in [2.24, 2.45) is 0 Å². The van der Waals surface area contributed by atoms with Crippen molar-refractivity contribution in [3.8, 4) is 0 Å². The topological polar surface area (TPSA) is 58.2 Å². The highest BCUT2D eigenvalue weighted by molar-refractivity contribution is 5.87. The lowest BCUT2D eigenvalue weighted by Gasteiger charge is -2.16. The second kappa shape index (κ2) is 6.40. The molecule has 0 aliphatic heterocycles. The average molecular weight is 200 g/mol. The zero-order chi connectivity index (χ0) is 11.1. The van der Waals surface area contributed by atoms with Crippen LogP contribution in [0, 0.1) is 0 Å². The molecule has 82 valence electrons. The van der Waals surface area contributed by atoms with Gasteiger partial charge in [-0.1, -0.05) is 13.8 Å². The summed E-state index contributed by atoms with van der Waals surface area (Å²) in [5.74, 6) is -0.224. The van der Waals surface area contributed by atoms with Crippen LogP contribution in [0.25, 0.3) is 0 Å². The fourth-order valence-corrected chi connectivity index (χ4v) is 0.879. The summed E-state index contributed by atoms with van der Waals surface area (Å²) in [6.45, 7) is 7.38. The minimum Gasteiger partial charge on any atom is -0.352 e. The predicted octanol–water partition coefficient (Wildman–Crippen LogP) is 0.816. The minimum absolute atomic E-state index is 0.100. The minimum atomic E-state index is -0.448. The lowest BCUT2D eigenvalue weighted by Crippen LogP contribution is -2.47. The van der Waals surface area contributed by atoms with Crippen LogP contribution in [-0.2, 0) is 9.59 Å². The van der Waals surface area contributed by atoms with E-state index >= 15 is 0 Å². The third kappa shape index (κ3) is 4.84. The number of hydrogen-bond donors (Lipinski definition) is 2. The molecule has 0 aliphatic rings. The Morgan fingerprint density at radius 2 is 1.71 bits per heavy atom. The van der Waals surface area contributed by atoms with Crippen molar-refractivity contribution in [2.75, 3.05) is 0 Å². The molecule has 2 unspecified atom stereocenters. The maximum atomic E-state index is 11.4. The molecule has 0 aliphatic carbocycles. The Hall–Kier alpha value is -1.06. The van der Waals surface area contributed by atoms with Gasteiger partial charge in [0.15, 0.2) is 0 Å². The second-order valence-corrected chi connectivity index (χ2v) is 3.46. The van der Waals surface area contributed by atoms with Gasteiger partial charge in [-0.2, -0.15) is 0 Å². The fraction of sp³-hybridized carbons (Fsp3) is 0.800. The van der Waals surface area contributed by atoms with Crippen LogP contribution in [-0.4, -0.2) is 23.9 Å². The van der Waals surface area contributed by atoms with Gasteiger partial charge in [0.1, 0.15) is 6.04 Å². The van der Waals surface area contributed by atoms with Gasteiger partial charge < -0.3 is 10.6 Å². The molecule has 4 nitrogen and oxygen atoms in total. The summed E-state index contributed by atoms with van der Waals surface area (Å²) in [7, 11) is 0. The Morgan fingerprint density at radius 1 is 1.14 bits per heavy atom. The molecule has 14 heavy (non-hydrogen) atoms. The third-order valence-corrected chi connectivity index (χ3v) is 2.09. The molecule has 2 N–H and O–H groups in total. The van der Waals surface area contributed by atoms with Crippen molar-refractivity contribution in [3.05, 3.63) is 0 Å². The first kappa shape index (κ1) is 12.9. The van der Waals surface area contributed by atoms with E-state index in [1.165, 1.54) is 0 Å². The Labute approximate surface area is 85.4 Å². The molecule has 0 aromatic rings. The van der Waals surface area contributed by atoms with Crippen molar-refractivity contribution in [1.82, 2.24) is 10.6 Å². The first-order chi connectivity index (χ1) is 6.51. The van der Waals surface area contributed by atoms with E-state index in [9.17, 15) is 9.59 Å². The highest BCUT2D eigenvalue weighted by atomic mass is 16.2. The van der Waals surface area contributed by atoms with Gasteiger partial charge in [-0.15, -0.1) is 0 Å². The van der Waals surface area contributed by atoms with E-state index in [0.29, 0.717) is 6.42 Å². The standard InChI is InChI=1S/C10H20N2O2/c1-5-7(3)11-10(14)8(4)12-9(13)6-2/h7-8H,5-6H2,1-4H3,(H,11,14)(H,12,13). The summed E-state index contributed by atoms with van der Waals surface area (Å²) >= 11 is 0. The Morgan fingerprint density at radius 3 is 2.14 bits per heavy atom. The van der Waals surface area contributed by atoms with Gasteiger partial charge in [0.05, 0.1) is 0 Å². The molecule has 0 spiro atoms. The summed E-state index contributed by atoms with van der Waals surface area (Å²) in [6.07, 6.45) is 1.29. The van der Waals surface area contributed by atoms with E-state index in [1.54, 1.807) is 13.8 Å². The molecule has 0 radical (unpaired) electrons. The zero-order valence-corrected chi connectivity index (χ0v) is 9.39. The van der Waals surface area contributed by atoms with Crippen molar-refractivity contribution >= 4 is 11.8 Å². The second-order valence-electron chi connectivity index (χ2n) is 3.46. The van der Waals surface area contributed by atoms with E-state index in [1.807, 2.05) is 13.8 Å². The van der Waals surface area contributed by atoms with Gasteiger partial charge in [-0.25, -0.2) is 0 Å². The molecular weight excluding hydrogens is 180 g/mol. The van der Waals surface area contributed by atoms with Gasteiger partial charge in [-0.05, 0) is 20.3 Å². The van der Waals surface area contributed by atoms with E-state index in [-0.39, 0.29) is 17.9 Å². The van der Waals surface area contributed by atoms with Gasteiger partial charge in [0.25, 0.3) is 0 Å². The Kier molecular flexibility index (Phi) is 5.92. The highest BCUT2D eigenvalue weighted by Gasteiger charge is 2.15. The fourth-order valence-electron chi connectivity index (χ4n) is 0.879. The number of amides is 2. The molecule has 2 atom stereocenters. The third-order valence-electron chi connectivity index (χ3n) is 2.09. The molecule has 2 amide bonds. The van der Waals surface area contributed by atoms with Crippen LogP contribution in [0.2, 0.25) is 0 Å².